The van der Waals surface area contributed by atoms with Crippen LogP contribution in [0.15, 0.2) is 6.07 Å². The highest BCUT2D eigenvalue weighted by Gasteiger charge is 2.61. The van der Waals surface area contributed by atoms with Crippen LogP contribution in [0, 0.1) is 20.8 Å². The summed E-state index contributed by atoms with van der Waals surface area (Å²) in [5.41, 5.74) is 0.621. The Balaban J connectivity index is 2.69. The fourth-order valence-electron chi connectivity index (χ4n) is 2.67. The maximum Gasteiger partial charge on any atom is 0.450 e. The van der Waals surface area contributed by atoms with Gasteiger partial charge < -0.3 is 10.8 Å². The van der Waals surface area contributed by atoms with Crippen LogP contribution in [0.2, 0.25) is 0 Å². The summed E-state index contributed by atoms with van der Waals surface area (Å²) >= 11 is 0. The summed E-state index contributed by atoms with van der Waals surface area (Å²) in [6, 6.07) is 1.56. The molecule has 154 valence electrons. The van der Waals surface area contributed by atoms with E-state index in [4.69, 9.17) is 5.73 Å². The van der Waals surface area contributed by atoms with Crippen LogP contribution < -0.4 is 5.73 Å². The van der Waals surface area contributed by atoms with Gasteiger partial charge in [-0.05, 0) is 26.8 Å². The van der Waals surface area contributed by atoms with Crippen molar-refractivity contribution in [2.45, 2.75) is 45.1 Å². The van der Waals surface area contributed by atoms with Crippen LogP contribution in [0.1, 0.15) is 29.1 Å². The fourth-order valence-corrected chi connectivity index (χ4v) is 2.67. The second-order valence-electron chi connectivity index (χ2n) is 6.16. The number of carbonyl (C=O) groups excluding carboxylic acids is 1. The first-order valence-corrected chi connectivity index (χ1v) is 7.65. The zero-order chi connectivity index (χ0) is 21.7. The molecular weight excluding hydrogens is 396 g/mol. The minimum atomic E-state index is -5.65. The summed E-state index contributed by atoms with van der Waals surface area (Å²) in [5.74, 6) is -3.84. The van der Waals surface area contributed by atoms with E-state index in [1.165, 1.54) is 0 Å². The maximum absolute atomic E-state index is 13.5. The van der Waals surface area contributed by atoms with Crippen molar-refractivity contribution < 1.29 is 36.2 Å². The Labute approximate surface area is 154 Å². The molecule has 2 aromatic rings. The Morgan fingerprint density at radius 3 is 2.04 bits per heavy atom. The molecule has 0 saturated heterocycles. The topological polar surface area (TPSA) is 107 Å². The second kappa shape index (κ2) is 6.72. The van der Waals surface area contributed by atoms with Crippen LogP contribution >= 0.6 is 0 Å². The highest BCUT2D eigenvalue weighted by Crippen LogP contribution is 2.46. The number of aliphatic hydroxyl groups is 1. The number of nitrogens with two attached hydrogens (primary N) is 1. The molecule has 0 aliphatic carbocycles. The quantitative estimate of drug-likeness (QED) is 0.749. The van der Waals surface area contributed by atoms with E-state index in [1.54, 1.807) is 19.9 Å². The van der Waals surface area contributed by atoms with E-state index in [2.05, 4.69) is 15.1 Å². The van der Waals surface area contributed by atoms with Crippen LogP contribution in [-0.2, 0) is 10.4 Å². The smallest absolute Gasteiger partial charge is 0.383 e. The molecule has 1 atom stereocenters. The standard InChI is InChI=1S/C15H15F6N5O2/c1-6-4-7(2)24-12(23-6)26-11(22)10(8(3)25-26)13(28,15(19,20)21)5-9(27)14(16,17)18/h4,28H,5,22H2,1-3H3. The lowest BCUT2D eigenvalue weighted by molar-refractivity contribution is -0.270. The highest BCUT2D eigenvalue weighted by atomic mass is 19.4. The molecule has 3 N–H and O–H groups in total. The van der Waals surface area contributed by atoms with Crippen molar-refractivity contribution in [3.63, 3.8) is 0 Å². The molecule has 0 fully saturated rings. The molecule has 0 saturated carbocycles. The molecule has 0 spiro atoms. The number of hydrogen-bond acceptors (Lipinski definition) is 6. The lowest BCUT2D eigenvalue weighted by Gasteiger charge is -2.30. The Hall–Kier alpha value is -2.70. The maximum atomic E-state index is 13.5. The lowest BCUT2D eigenvalue weighted by Crippen LogP contribution is -2.47. The van der Waals surface area contributed by atoms with E-state index >= 15 is 0 Å². The van der Waals surface area contributed by atoms with Gasteiger partial charge in [-0.2, -0.15) is 36.1 Å². The van der Waals surface area contributed by atoms with Crippen LogP contribution in [-0.4, -0.2) is 43.0 Å². The van der Waals surface area contributed by atoms with Crippen LogP contribution in [0.3, 0.4) is 0 Å². The van der Waals surface area contributed by atoms with Crippen molar-refractivity contribution in [2.24, 2.45) is 0 Å². The predicted molar refractivity (Wildman–Crippen MR) is 83.4 cm³/mol. The molecule has 2 aromatic heterocycles. The first kappa shape index (κ1) is 21.6. The first-order valence-electron chi connectivity index (χ1n) is 7.65. The van der Waals surface area contributed by atoms with E-state index in [0.717, 1.165) is 6.92 Å². The average molecular weight is 411 g/mol. The zero-order valence-electron chi connectivity index (χ0n) is 14.8. The number of nitrogens with zero attached hydrogens (tertiary/aromatic N) is 4. The number of anilines is 1. The van der Waals surface area contributed by atoms with E-state index in [1.807, 2.05) is 0 Å². The third-order valence-electron chi connectivity index (χ3n) is 3.87. The van der Waals surface area contributed by atoms with Gasteiger partial charge in [-0.25, -0.2) is 9.97 Å². The van der Waals surface area contributed by atoms with Gasteiger partial charge in [0.1, 0.15) is 5.82 Å². The number of rotatable bonds is 4. The Morgan fingerprint density at radius 1 is 1.11 bits per heavy atom. The van der Waals surface area contributed by atoms with Gasteiger partial charge in [0.2, 0.25) is 5.78 Å². The third kappa shape index (κ3) is 3.79. The summed E-state index contributed by atoms with van der Waals surface area (Å²) in [7, 11) is 0. The molecule has 2 heterocycles. The van der Waals surface area contributed by atoms with Crippen molar-refractivity contribution in [3.05, 3.63) is 28.7 Å². The van der Waals surface area contributed by atoms with E-state index in [0.29, 0.717) is 16.1 Å². The number of aryl methyl sites for hydroxylation is 3. The molecule has 2 rings (SSSR count). The molecular formula is C15H15F6N5O2. The largest absolute Gasteiger partial charge is 0.450 e. The number of carbonyl (C=O) groups is 1. The van der Waals surface area contributed by atoms with Crippen LogP contribution in [0.25, 0.3) is 5.95 Å². The number of halogens is 6. The molecule has 0 bridgehead atoms. The van der Waals surface area contributed by atoms with Crippen molar-refractivity contribution in [3.8, 4) is 5.95 Å². The predicted octanol–water partition coefficient (Wildman–Crippen LogP) is 2.44. The molecule has 0 aliphatic heterocycles. The van der Waals surface area contributed by atoms with Gasteiger partial charge in [-0.3, -0.25) is 4.79 Å². The van der Waals surface area contributed by atoms with Gasteiger partial charge in [0.15, 0.2) is 5.60 Å². The van der Waals surface area contributed by atoms with Gasteiger partial charge >= 0.3 is 12.4 Å². The molecule has 0 aliphatic rings. The number of nitrogen functional groups attached to an aromatic ring is 1. The lowest BCUT2D eigenvalue weighted by atomic mass is 9.87. The Kier molecular flexibility index (Phi) is 5.19. The number of aromatic nitrogens is 4. The third-order valence-corrected chi connectivity index (χ3v) is 3.87. The van der Waals surface area contributed by atoms with E-state index in [-0.39, 0.29) is 5.95 Å². The van der Waals surface area contributed by atoms with Crippen molar-refractivity contribution in [1.82, 2.24) is 19.7 Å². The van der Waals surface area contributed by atoms with Gasteiger partial charge in [0, 0.05) is 11.4 Å². The average Bonchev–Trinajstić information content (AvgIpc) is 2.79. The molecule has 1 unspecified atom stereocenters. The van der Waals surface area contributed by atoms with Gasteiger partial charge in [-0.15, -0.1) is 0 Å². The summed E-state index contributed by atoms with van der Waals surface area (Å²) in [6.07, 6.45) is -13.5. The van der Waals surface area contributed by atoms with Crippen molar-refractivity contribution in [2.75, 3.05) is 5.73 Å². The van der Waals surface area contributed by atoms with Crippen molar-refractivity contribution in [1.29, 1.82) is 0 Å². The first-order chi connectivity index (χ1) is 12.6. The molecule has 0 radical (unpaired) electrons. The monoisotopic (exact) mass is 411 g/mol. The fraction of sp³-hybridized carbons (Fsp3) is 0.467. The van der Waals surface area contributed by atoms with E-state index in [9.17, 15) is 36.2 Å². The molecule has 0 amide bonds. The SMILES string of the molecule is Cc1cc(C)nc(-n2nc(C)c(C(O)(CC(=O)C(F)(F)F)C(F)(F)F)c2N)n1. The summed E-state index contributed by atoms with van der Waals surface area (Å²) in [4.78, 5) is 19.1. The Bertz CT molecular complexity index is 901. The number of hydrogen-bond donors (Lipinski definition) is 2. The summed E-state index contributed by atoms with van der Waals surface area (Å²) in [5, 5.41) is 13.9. The number of alkyl halides is 6. The second-order valence-corrected chi connectivity index (χ2v) is 6.16. The van der Waals surface area contributed by atoms with Gasteiger partial charge in [0.05, 0.1) is 17.7 Å². The summed E-state index contributed by atoms with van der Waals surface area (Å²) in [6.45, 7) is 4.14. The normalized spacial score (nSPS) is 14.8. The zero-order valence-corrected chi connectivity index (χ0v) is 14.8. The van der Waals surface area contributed by atoms with Gasteiger partial charge in [-0.1, -0.05) is 0 Å². The van der Waals surface area contributed by atoms with Crippen LogP contribution in [0.4, 0.5) is 32.2 Å². The highest BCUT2D eigenvalue weighted by molar-refractivity contribution is 5.85. The minimum Gasteiger partial charge on any atom is -0.383 e. The molecule has 7 nitrogen and oxygen atoms in total. The minimum absolute atomic E-state index is 0.240. The Morgan fingerprint density at radius 2 is 1.61 bits per heavy atom. The van der Waals surface area contributed by atoms with Crippen LogP contribution in [0.5, 0.6) is 0 Å². The van der Waals surface area contributed by atoms with E-state index < -0.39 is 47.2 Å². The summed E-state index contributed by atoms with van der Waals surface area (Å²) < 4.78 is 78.9. The molecule has 0 aromatic carbocycles. The number of Topliss-reactive ketones (excluding diaryl/α,β-unsaturated/α-hetero) is 1. The molecule has 13 heteroatoms. The molecule has 28 heavy (non-hydrogen) atoms. The number of ketones is 1. The van der Waals surface area contributed by atoms with Crippen molar-refractivity contribution >= 4 is 11.6 Å². The van der Waals surface area contributed by atoms with Gasteiger partial charge in [0.25, 0.3) is 5.95 Å².